The highest BCUT2D eigenvalue weighted by Gasteiger charge is 2.33. The van der Waals surface area contributed by atoms with Crippen molar-refractivity contribution in [3.05, 3.63) is 0 Å². The predicted molar refractivity (Wildman–Crippen MR) is 57.7 cm³/mol. The van der Waals surface area contributed by atoms with E-state index in [-0.39, 0.29) is 0 Å². The van der Waals surface area contributed by atoms with Gasteiger partial charge >= 0.3 is 0 Å². The second kappa shape index (κ2) is 3.59. The summed E-state index contributed by atoms with van der Waals surface area (Å²) in [6, 6.07) is 0. The van der Waals surface area contributed by atoms with Crippen molar-refractivity contribution in [1.82, 2.24) is 0 Å². The molecule has 0 aliphatic heterocycles. The van der Waals surface area contributed by atoms with E-state index in [1.165, 1.54) is 0 Å². The van der Waals surface area contributed by atoms with Gasteiger partial charge in [-0.3, -0.25) is 0 Å². The van der Waals surface area contributed by atoms with Crippen LogP contribution in [0.2, 0.25) is 0 Å². The average molecular weight is 202 g/mol. The van der Waals surface area contributed by atoms with Crippen LogP contribution in [0, 0.1) is 10.8 Å². The van der Waals surface area contributed by atoms with Crippen molar-refractivity contribution in [1.29, 1.82) is 0 Å². The van der Waals surface area contributed by atoms with Gasteiger partial charge in [0.25, 0.3) is 0 Å². The molecule has 0 rings (SSSR count). The minimum absolute atomic E-state index is 0.498. The van der Waals surface area contributed by atoms with Crippen LogP contribution in [0.4, 0.5) is 4.39 Å². The van der Waals surface area contributed by atoms with Crippen molar-refractivity contribution in [2.45, 2.75) is 66.6 Å². The van der Waals surface area contributed by atoms with Gasteiger partial charge < -0.3 is 0 Å². The molecule has 0 aliphatic carbocycles. The molecule has 0 N–H and O–H groups in total. The van der Waals surface area contributed by atoms with Gasteiger partial charge in [0.15, 0.2) is 0 Å². The Bertz CT molecular complexity index is 494. The van der Waals surface area contributed by atoms with Gasteiger partial charge in [-0.25, -0.2) is 4.39 Å². The summed E-state index contributed by atoms with van der Waals surface area (Å²) in [4.78, 5) is 0. The number of hydrogen-bond acceptors (Lipinski definition) is 0. The summed E-state index contributed by atoms with van der Waals surface area (Å²) < 4.78 is 122. The summed E-state index contributed by atoms with van der Waals surface area (Å²) in [6.07, 6.45) is -5.05. The Kier molecular flexibility index (Phi) is 0.755. The van der Waals surface area contributed by atoms with Crippen LogP contribution in [0.15, 0.2) is 0 Å². The summed E-state index contributed by atoms with van der Waals surface area (Å²) in [7, 11) is 0. The predicted octanol–water partition coefficient (Wildman–Crippen LogP) is 4.59. The topological polar surface area (TPSA) is 0 Å². The van der Waals surface area contributed by atoms with Crippen molar-refractivity contribution in [2.24, 2.45) is 10.8 Å². The Morgan fingerprint density at radius 2 is 1.54 bits per heavy atom. The molecule has 0 amide bonds. The molecule has 0 unspecified atom stereocenters. The fourth-order valence-electron chi connectivity index (χ4n) is 1.19. The normalized spacial score (nSPS) is 39.4. The number of alkyl halides is 1. The fraction of sp³-hybridized carbons (Fsp3) is 1.00. The first-order valence-electron chi connectivity index (χ1n) is 10.9. The molecule has 0 fully saturated rings. The molecular weight excluding hydrogens is 163 g/mol. The lowest BCUT2D eigenvalue weighted by Crippen LogP contribution is -2.30. The molecule has 0 heterocycles. The molecule has 0 aliphatic rings. The lowest BCUT2D eigenvalue weighted by atomic mass is 9.76. The zero-order chi connectivity index (χ0) is 22.7. The van der Waals surface area contributed by atoms with Crippen LogP contribution in [0.5, 0.6) is 0 Å². The highest BCUT2D eigenvalue weighted by atomic mass is 19.1. The van der Waals surface area contributed by atoms with Gasteiger partial charge in [0.1, 0.15) is 5.67 Å². The monoisotopic (exact) mass is 202 g/mol. The van der Waals surface area contributed by atoms with E-state index in [0.29, 0.717) is 6.92 Å². The number of hydrogen-bond donors (Lipinski definition) is 0. The summed E-state index contributed by atoms with van der Waals surface area (Å²) in [5.41, 5.74) is -9.40. The van der Waals surface area contributed by atoms with E-state index in [2.05, 4.69) is 0 Å². The van der Waals surface area contributed by atoms with Crippen LogP contribution < -0.4 is 0 Å². The Labute approximate surface area is 103 Å². The smallest absolute Gasteiger partial charge is 0.109 e. The zero-order valence-corrected chi connectivity index (χ0v) is 8.09. The van der Waals surface area contributed by atoms with Crippen molar-refractivity contribution in [2.75, 3.05) is 0 Å². The highest BCUT2D eigenvalue weighted by Crippen LogP contribution is 2.38. The summed E-state index contributed by atoms with van der Waals surface area (Å²) >= 11 is 0. The Balaban J connectivity index is 6.76. The maximum Gasteiger partial charge on any atom is 0.109 e. The van der Waals surface area contributed by atoms with E-state index >= 15 is 4.39 Å². The van der Waals surface area contributed by atoms with Gasteiger partial charge in [0.05, 0.1) is 0 Å². The quantitative estimate of drug-likeness (QED) is 0.614. The number of rotatable bonds is 2. The minimum atomic E-state index is -3.71. The second-order valence-electron chi connectivity index (χ2n) is 4.03. The van der Waals surface area contributed by atoms with E-state index in [9.17, 15) is 0 Å². The lowest BCUT2D eigenvalue weighted by molar-refractivity contribution is 0.0707. The first kappa shape index (κ1) is 2.74. The van der Waals surface area contributed by atoms with Gasteiger partial charge in [0.2, 0.25) is 0 Å². The molecule has 0 saturated heterocycles. The van der Waals surface area contributed by atoms with E-state index in [0.717, 1.165) is 13.8 Å². The van der Waals surface area contributed by atoms with Crippen molar-refractivity contribution < 1.29 is 23.6 Å². The van der Waals surface area contributed by atoms with Gasteiger partial charge in [-0.15, -0.1) is 0 Å². The summed E-state index contributed by atoms with van der Waals surface area (Å²) in [6.45, 7) is -11.9. The Hall–Kier alpha value is -0.0700. The third-order valence-electron chi connectivity index (χ3n) is 1.17. The Morgan fingerprint density at radius 1 is 1.08 bits per heavy atom. The molecule has 13 heavy (non-hydrogen) atoms. The molecule has 0 aromatic rings. The van der Waals surface area contributed by atoms with Crippen LogP contribution >= 0.6 is 0 Å². The molecule has 80 valence electrons. The molecule has 1 atom stereocenters. The molecule has 0 bridgehead atoms. The SMILES string of the molecule is [2H]C([2H])([2H])C(C)(C)C([2H])([2H])[C@](C)(F)CC(C([2H])([2H])[2H])(C([2H])([2H])[2H])C([2H])([2H])[2H]. The van der Waals surface area contributed by atoms with Crippen molar-refractivity contribution >= 4 is 0 Å². The van der Waals surface area contributed by atoms with E-state index in [1.54, 1.807) is 0 Å². The molecule has 0 radical (unpaired) electrons. The van der Waals surface area contributed by atoms with Gasteiger partial charge in [-0.1, -0.05) is 41.3 Å². The van der Waals surface area contributed by atoms with E-state index < -0.39 is 56.7 Å². The molecule has 0 nitrogen and oxygen atoms in total. The lowest BCUT2D eigenvalue weighted by Gasteiger charge is -2.33. The molecule has 0 saturated carbocycles. The van der Waals surface area contributed by atoms with Crippen molar-refractivity contribution in [3.8, 4) is 0 Å². The first-order chi connectivity index (χ1) is 11.2. The maximum atomic E-state index is 15.6. The third kappa shape index (κ3) is 8.27. The molecular formula is C12H25F. The molecule has 1 heteroatoms. The van der Waals surface area contributed by atoms with Crippen molar-refractivity contribution in [3.63, 3.8) is 0 Å². The maximum absolute atomic E-state index is 15.6. The third-order valence-corrected chi connectivity index (χ3v) is 1.17. The van der Waals surface area contributed by atoms with Crippen LogP contribution in [0.3, 0.4) is 0 Å². The largest absolute Gasteiger partial charge is 0.244 e. The second-order valence-corrected chi connectivity index (χ2v) is 4.03. The standard InChI is InChI=1S/C12H25F/c1-10(2,3)8-12(7,13)9-11(4,5)6/h8-9H2,1-7H3/i1D3,2D3,3D3,4D3,9D2/t12-/m1/s1. The molecule has 0 spiro atoms. The van der Waals surface area contributed by atoms with E-state index in [1.807, 2.05) is 0 Å². The minimum Gasteiger partial charge on any atom is -0.244 e. The zero-order valence-electron chi connectivity index (χ0n) is 22.1. The summed E-state index contributed by atoms with van der Waals surface area (Å²) in [5, 5.41) is 0. The average Bonchev–Trinajstić information content (AvgIpc) is 2.29. The first-order valence-corrected chi connectivity index (χ1v) is 3.90. The van der Waals surface area contributed by atoms with Gasteiger partial charge in [-0.2, -0.15) is 0 Å². The van der Waals surface area contributed by atoms with Gasteiger partial charge in [-0.05, 0) is 30.5 Å². The highest BCUT2D eigenvalue weighted by molar-refractivity contribution is 4.84. The number of halogens is 1. The Morgan fingerprint density at radius 3 is 1.92 bits per heavy atom. The van der Waals surface area contributed by atoms with Crippen LogP contribution in [0.25, 0.3) is 0 Å². The van der Waals surface area contributed by atoms with Gasteiger partial charge in [0, 0.05) is 19.2 Å². The molecule has 0 aromatic heterocycles. The van der Waals surface area contributed by atoms with Crippen LogP contribution in [-0.4, -0.2) is 5.67 Å². The summed E-state index contributed by atoms with van der Waals surface area (Å²) in [5.74, 6) is 0. The molecule has 0 aromatic carbocycles. The fourth-order valence-corrected chi connectivity index (χ4v) is 1.19. The van der Waals surface area contributed by atoms with Crippen LogP contribution in [-0.2, 0) is 0 Å². The van der Waals surface area contributed by atoms with E-state index in [4.69, 9.17) is 19.2 Å². The van der Waals surface area contributed by atoms with Crippen LogP contribution in [0.1, 0.15) is 80.2 Å².